The second-order valence-corrected chi connectivity index (χ2v) is 3.26. The molecule has 0 fully saturated rings. The lowest BCUT2D eigenvalue weighted by molar-refractivity contribution is -0.135. The third-order valence-corrected chi connectivity index (χ3v) is 2.33. The van der Waals surface area contributed by atoms with Gasteiger partial charge in [-0.05, 0) is 17.7 Å². The predicted molar refractivity (Wildman–Crippen MR) is 54.7 cm³/mol. The monoisotopic (exact) mass is 232 g/mol. The summed E-state index contributed by atoms with van der Waals surface area (Å²) in [5, 5.41) is 17.9. The molecule has 0 radical (unpaired) electrons. The summed E-state index contributed by atoms with van der Waals surface area (Å²) in [6.45, 7) is 0. The Morgan fingerprint density at radius 2 is 1.93 bits per heavy atom. The topological polar surface area (TPSA) is 57.5 Å². The van der Waals surface area contributed by atoms with Crippen molar-refractivity contribution in [1.29, 1.82) is 0 Å². The van der Waals surface area contributed by atoms with Crippen LogP contribution in [0.1, 0.15) is 5.56 Å². The van der Waals surface area contributed by atoms with Gasteiger partial charge in [0.15, 0.2) is 0 Å². The molecular formula is C9H6Cl2O3. The van der Waals surface area contributed by atoms with Gasteiger partial charge in [-0.1, -0.05) is 35.3 Å². The number of benzene rings is 1. The van der Waals surface area contributed by atoms with Crippen LogP contribution in [-0.2, 0) is 4.79 Å². The number of hydrogen-bond acceptors (Lipinski definition) is 2. The highest BCUT2D eigenvalue weighted by molar-refractivity contribution is 6.42. The standard InChI is InChI=1S/C9H6Cl2O3/c10-6-3-1-2-5(8(6)11)4-7(12)9(13)14/h1-4,12H,(H,13,14). The molecule has 0 amide bonds. The Balaban J connectivity index is 3.15. The molecule has 0 saturated carbocycles. The van der Waals surface area contributed by atoms with Crippen molar-refractivity contribution in [3.63, 3.8) is 0 Å². The number of halogens is 2. The molecule has 0 unspecified atom stereocenters. The fourth-order valence-corrected chi connectivity index (χ4v) is 1.20. The minimum atomic E-state index is -1.42. The fraction of sp³-hybridized carbons (Fsp3) is 0. The summed E-state index contributed by atoms with van der Waals surface area (Å²) < 4.78 is 0. The summed E-state index contributed by atoms with van der Waals surface area (Å²) in [7, 11) is 0. The lowest BCUT2D eigenvalue weighted by atomic mass is 10.2. The van der Waals surface area contributed by atoms with E-state index in [1.165, 1.54) is 0 Å². The number of carbonyl (C=O) groups is 1. The van der Waals surface area contributed by atoms with E-state index in [0.717, 1.165) is 6.08 Å². The van der Waals surface area contributed by atoms with Crippen molar-refractivity contribution < 1.29 is 15.0 Å². The lowest BCUT2D eigenvalue weighted by Gasteiger charge is -2.00. The highest BCUT2D eigenvalue weighted by Crippen LogP contribution is 2.26. The Morgan fingerprint density at radius 1 is 1.29 bits per heavy atom. The minimum Gasteiger partial charge on any atom is -0.502 e. The first-order valence-electron chi connectivity index (χ1n) is 3.60. The number of rotatable bonds is 2. The summed E-state index contributed by atoms with van der Waals surface area (Å²) in [5.74, 6) is -2.20. The Labute approximate surface area is 90.2 Å². The Hall–Kier alpha value is -1.19. The van der Waals surface area contributed by atoms with E-state index < -0.39 is 11.7 Å². The molecule has 1 aromatic carbocycles. The molecule has 1 aromatic rings. The quantitative estimate of drug-likeness (QED) is 0.609. The fourth-order valence-electron chi connectivity index (χ4n) is 0.841. The number of aliphatic hydroxyl groups is 1. The number of carboxylic acid groups (broad SMARTS) is 1. The van der Waals surface area contributed by atoms with Crippen LogP contribution in [0.4, 0.5) is 0 Å². The molecule has 0 aliphatic heterocycles. The van der Waals surface area contributed by atoms with Crippen LogP contribution in [0.5, 0.6) is 0 Å². The summed E-state index contributed by atoms with van der Waals surface area (Å²) in [6.07, 6.45) is 1.04. The van der Waals surface area contributed by atoms with Crippen LogP contribution < -0.4 is 0 Å². The maximum Gasteiger partial charge on any atom is 0.370 e. The third kappa shape index (κ3) is 2.40. The van der Waals surface area contributed by atoms with Crippen LogP contribution in [0, 0.1) is 0 Å². The van der Waals surface area contributed by atoms with Gasteiger partial charge in [0, 0.05) is 0 Å². The van der Waals surface area contributed by atoms with Gasteiger partial charge in [-0.2, -0.15) is 0 Å². The van der Waals surface area contributed by atoms with Crippen LogP contribution in [0.2, 0.25) is 10.0 Å². The smallest absolute Gasteiger partial charge is 0.370 e. The van der Waals surface area contributed by atoms with E-state index in [-0.39, 0.29) is 5.02 Å². The molecular weight excluding hydrogens is 227 g/mol. The molecule has 3 nitrogen and oxygen atoms in total. The number of aliphatic carboxylic acids is 1. The summed E-state index contributed by atoms with van der Waals surface area (Å²) >= 11 is 11.4. The molecule has 0 saturated heterocycles. The third-order valence-electron chi connectivity index (χ3n) is 1.49. The van der Waals surface area contributed by atoms with Crippen molar-refractivity contribution in [3.05, 3.63) is 39.6 Å². The maximum absolute atomic E-state index is 10.3. The molecule has 0 heterocycles. The maximum atomic E-state index is 10.3. The van der Waals surface area contributed by atoms with E-state index in [1.807, 2.05) is 0 Å². The average Bonchev–Trinajstić information content (AvgIpc) is 2.12. The zero-order valence-corrected chi connectivity index (χ0v) is 8.38. The number of carboxylic acids is 1. The molecule has 2 N–H and O–H groups in total. The molecule has 0 aliphatic rings. The van der Waals surface area contributed by atoms with Crippen LogP contribution in [0.15, 0.2) is 24.0 Å². The minimum absolute atomic E-state index is 0.210. The van der Waals surface area contributed by atoms with Gasteiger partial charge >= 0.3 is 5.97 Å². The largest absolute Gasteiger partial charge is 0.502 e. The molecule has 0 atom stereocenters. The molecule has 14 heavy (non-hydrogen) atoms. The average molecular weight is 233 g/mol. The second kappa shape index (κ2) is 4.35. The first-order chi connectivity index (χ1) is 6.52. The lowest BCUT2D eigenvalue weighted by Crippen LogP contribution is -1.98. The first-order valence-corrected chi connectivity index (χ1v) is 4.36. The van der Waals surface area contributed by atoms with Crippen molar-refractivity contribution in [2.75, 3.05) is 0 Å². The highest BCUT2D eigenvalue weighted by Gasteiger charge is 2.07. The van der Waals surface area contributed by atoms with E-state index in [0.29, 0.717) is 10.6 Å². The van der Waals surface area contributed by atoms with Gasteiger partial charge in [0.2, 0.25) is 5.76 Å². The number of aliphatic hydroxyl groups excluding tert-OH is 1. The first kappa shape index (κ1) is 10.9. The van der Waals surface area contributed by atoms with Crippen LogP contribution in [0.25, 0.3) is 6.08 Å². The predicted octanol–water partition coefficient (Wildman–Crippen LogP) is 2.98. The van der Waals surface area contributed by atoms with Gasteiger partial charge < -0.3 is 10.2 Å². The van der Waals surface area contributed by atoms with Gasteiger partial charge in [-0.25, -0.2) is 4.79 Å². The molecule has 0 spiro atoms. The molecule has 0 aromatic heterocycles. The highest BCUT2D eigenvalue weighted by atomic mass is 35.5. The van der Waals surface area contributed by atoms with Crippen LogP contribution in [-0.4, -0.2) is 16.2 Å². The van der Waals surface area contributed by atoms with Crippen LogP contribution >= 0.6 is 23.2 Å². The molecule has 74 valence electrons. The van der Waals surface area contributed by atoms with E-state index in [2.05, 4.69) is 0 Å². The van der Waals surface area contributed by atoms with Crippen molar-refractivity contribution in [2.45, 2.75) is 0 Å². The van der Waals surface area contributed by atoms with Crippen molar-refractivity contribution in [2.24, 2.45) is 0 Å². The molecule has 1 rings (SSSR count). The van der Waals surface area contributed by atoms with Crippen LogP contribution in [0.3, 0.4) is 0 Å². The van der Waals surface area contributed by atoms with E-state index in [4.69, 9.17) is 33.4 Å². The van der Waals surface area contributed by atoms with E-state index >= 15 is 0 Å². The SMILES string of the molecule is O=C(O)C(O)=Cc1cccc(Cl)c1Cl. The van der Waals surface area contributed by atoms with E-state index in [1.54, 1.807) is 18.2 Å². The second-order valence-electron chi connectivity index (χ2n) is 2.48. The normalized spacial score (nSPS) is 11.4. The van der Waals surface area contributed by atoms with Crippen molar-refractivity contribution in [3.8, 4) is 0 Å². The number of hydrogen-bond donors (Lipinski definition) is 2. The van der Waals surface area contributed by atoms with Gasteiger partial charge in [0.25, 0.3) is 0 Å². The zero-order chi connectivity index (χ0) is 10.7. The summed E-state index contributed by atoms with van der Waals surface area (Å²) in [6, 6.07) is 4.72. The Bertz CT molecular complexity index is 399. The van der Waals surface area contributed by atoms with Crippen molar-refractivity contribution in [1.82, 2.24) is 0 Å². The summed E-state index contributed by atoms with van der Waals surface area (Å²) in [4.78, 5) is 10.3. The van der Waals surface area contributed by atoms with Gasteiger partial charge in [-0.3, -0.25) is 0 Å². The molecule has 0 bridgehead atoms. The van der Waals surface area contributed by atoms with Gasteiger partial charge in [0.05, 0.1) is 10.0 Å². The van der Waals surface area contributed by atoms with E-state index in [9.17, 15) is 4.79 Å². The Kier molecular flexibility index (Phi) is 3.38. The van der Waals surface area contributed by atoms with Gasteiger partial charge in [0.1, 0.15) is 0 Å². The zero-order valence-electron chi connectivity index (χ0n) is 6.87. The molecule has 0 aliphatic carbocycles. The molecule has 5 heteroatoms. The summed E-state index contributed by atoms with van der Waals surface area (Å²) in [5.41, 5.74) is 0.360. The van der Waals surface area contributed by atoms with Crippen molar-refractivity contribution >= 4 is 35.2 Å². The van der Waals surface area contributed by atoms with Gasteiger partial charge in [-0.15, -0.1) is 0 Å². The Morgan fingerprint density at radius 3 is 2.50 bits per heavy atom.